The van der Waals surface area contributed by atoms with E-state index in [4.69, 9.17) is 9.72 Å². The highest BCUT2D eigenvalue weighted by atomic mass is 16.5. The second kappa shape index (κ2) is 10.2. The van der Waals surface area contributed by atoms with E-state index < -0.39 is 0 Å². The van der Waals surface area contributed by atoms with Crippen LogP contribution in [0.15, 0.2) is 61.3 Å². The number of imidazole rings is 2. The number of hydrogen-bond acceptors (Lipinski definition) is 5. The van der Waals surface area contributed by atoms with Crippen LogP contribution in [0.4, 0.5) is 5.82 Å². The zero-order valence-corrected chi connectivity index (χ0v) is 19.4. The molecule has 0 bridgehead atoms. The molecule has 0 aliphatic rings. The molecule has 0 atom stereocenters. The maximum absolute atomic E-state index is 12.8. The first-order valence-corrected chi connectivity index (χ1v) is 11.2. The molecule has 33 heavy (non-hydrogen) atoms. The molecule has 8 nitrogen and oxygen atoms in total. The number of nitrogens with one attached hydrogen (secondary N) is 1. The Labute approximate surface area is 193 Å². The first-order valence-electron chi connectivity index (χ1n) is 11.2. The molecule has 0 aliphatic heterocycles. The molecule has 0 radical (unpaired) electrons. The number of fused-ring (bicyclic) bond motifs is 1. The van der Waals surface area contributed by atoms with Crippen LogP contribution in [0.1, 0.15) is 35.0 Å². The van der Waals surface area contributed by atoms with Crippen LogP contribution < -0.4 is 15.0 Å². The molecule has 0 spiro atoms. The van der Waals surface area contributed by atoms with Gasteiger partial charge in [0.1, 0.15) is 17.2 Å². The van der Waals surface area contributed by atoms with Gasteiger partial charge in [-0.3, -0.25) is 9.20 Å². The fraction of sp³-hybridized carbons (Fsp3) is 0.320. The summed E-state index contributed by atoms with van der Waals surface area (Å²) >= 11 is 0. The van der Waals surface area contributed by atoms with Crippen molar-refractivity contribution in [3.05, 3.63) is 78.1 Å². The topological polar surface area (TPSA) is 76.7 Å². The number of aryl methyl sites for hydroxylation is 2. The summed E-state index contributed by atoms with van der Waals surface area (Å²) in [5.41, 5.74) is 3.62. The molecule has 4 rings (SSSR count). The first kappa shape index (κ1) is 22.4. The van der Waals surface area contributed by atoms with Crippen molar-refractivity contribution in [2.75, 3.05) is 25.6 Å². The van der Waals surface area contributed by atoms with E-state index >= 15 is 0 Å². The number of rotatable bonds is 10. The van der Waals surface area contributed by atoms with Crippen LogP contribution in [-0.4, -0.2) is 45.5 Å². The summed E-state index contributed by atoms with van der Waals surface area (Å²) in [7, 11) is 3.72. The summed E-state index contributed by atoms with van der Waals surface area (Å²) in [5, 5.41) is 3.01. The van der Waals surface area contributed by atoms with Crippen LogP contribution in [0.5, 0.6) is 5.75 Å². The van der Waals surface area contributed by atoms with Gasteiger partial charge in [0.2, 0.25) is 0 Å². The van der Waals surface area contributed by atoms with E-state index in [1.165, 1.54) is 5.56 Å². The lowest BCUT2D eigenvalue weighted by molar-refractivity contribution is 0.0952. The molecule has 0 unspecified atom stereocenters. The summed E-state index contributed by atoms with van der Waals surface area (Å²) in [6.07, 6.45) is 8.98. The van der Waals surface area contributed by atoms with Crippen molar-refractivity contribution in [3.63, 3.8) is 0 Å². The highest BCUT2D eigenvalue weighted by Crippen LogP contribution is 2.25. The number of aromatic nitrogens is 4. The van der Waals surface area contributed by atoms with Crippen LogP contribution >= 0.6 is 0 Å². The molecular weight excluding hydrogens is 416 g/mol. The fourth-order valence-corrected chi connectivity index (χ4v) is 3.92. The SMILES string of the molecule is CCc1nc2ccc(C(=O)NCCCn3ccnc3)cn2c1N(C)Cc1ccc(OC)cc1. The van der Waals surface area contributed by atoms with Crippen LogP contribution in [0.2, 0.25) is 0 Å². The van der Waals surface area contributed by atoms with Gasteiger partial charge in [0, 0.05) is 45.3 Å². The number of amides is 1. The number of methoxy groups -OCH3 is 1. The molecule has 0 aliphatic carbocycles. The molecule has 4 aromatic rings. The second-order valence-electron chi connectivity index (χ2n) is 8.00. The minimum absolute atomic E-state index is 0.0852. The van der Waals surface area contributed by atoms with E-state index in [-0.39, 0.29) is 5.91 Å². The van der Waals surface area contributed by atoms with E-state index in [1.807, 2.05) is 45.6 Å². The number of carbonyl (C=O) groups is 1. The zero-order valence-electron chi connectivity index (χ0n) is 19.4. The van der Waals surface area contributed by atoms with E-state index in [1.54, 1.807) is 19.6 Å². The smallest absolute Gasteiger partial charge is 0.252 e. The summed E-state index contributed by atoms with van der Waals surface area (Å²) in [5.74, 6) is 1.75. The largest absolute Gasteiger partial charge is 0.497 e. The van der Waals surface area contributed by atoms with Crippen LogP contribution in [0, 0.1) is 0 Å². The summed E-state index contributed by atoms with van der Waals surface area (Å²) in [4.78, 5) is 23.8. The third-order valence-corrected chi connectivity index (χ3v) is 5.64. The summed E-state index contributed by atoms with van der Waals surface area (Å²) in [6.45, 7) is 4.24. The number of nitrogens with zero attached hydrogens (tertiary/aromatic N) is 5. The molecule has 1 aromatic carbocycles. The molecule has 0 saturated carbocycles. The van der Waals surface area contributed by atoms with Crippen molar-refractivity contribution in [1.29, 1.82) is 0 Å². The highest BCUT2D eigenvalue weighted by molar-refractivity contribution is 5.94. The number of ether oxygens (including phenoxy) is 1. The van der Waals surface area contributed by atoms with Gasteiger partial charge in [0.25, 0.3) is 5.91 Å². The van der Waals surface area contributed by atoms with Gasteiger partial charge in [-0.1, -0.05) is 19.1 Å². The van der Waals surface area contributed by atoms with E-state index in [0.29, 0.717) is 12.1 Å². The van der Waals surface area contributed by atoms with Crippen molar-refractivity contribution in [1.82, 2.24) is 24.3 Å². The third-order valence-electron chi connectivity index (χ3n) is 5.64. The van der Waals surface area contributed by atoms with Gasteiger partial charge in [-0.05, 0) is 42.7 Å². The quantitative estimate of drug-likeness (QED) is 0.377. The normalized spacial score (nSPS) is 11.0. The maximum atomic E-state index is 12.8. The number of hydrogen-bond donors (Lipinski definition) is 1. The molecule has 1 N–H and O–H groups in total. The molecule has 3 heterocycles. The lowest BCUT2D eigenvalue weighted by Crippen LogP contribution is -2.25. The lowest BCUT2D eigenvalue weighted by Gasteiger charge is -2.20. The van der Waals surface area contributed by atoms with Crippen molar-refractivity contribution in [2.45, 2.75) is 32.9 Å². The van der Waals surface area contributed by atoms with Gasteiger partial charge < -0.3 is 19.5 Å². The number of anilines is 1. The van der Waals surface area contributed by atoms with Crippen LogP contribution in [-0.2, 0) is 19.5 Å². The Balaban J connectivity index is 1.49. The van der Waals surface area contributed by atoms with Gasteiger partial charge in [-0.2, -0.15) is 0 Å². The van der Waals surface area contributed by atoms with Gasteiger partial charge >= 0.3 is 0 Å². The molecule has 0 saturated heterocycles. The Morgan fingerprint density at radius 2 is 2.00 bits per heavy atom. The average Bonchev–Trinajstić information content (AvgIpc) is 3.49. The van der Waals surface area contributed by atoms with Gasteiger partial charge in [-0.25, -0.2) is 9.97 Å². The predicted molar refractivity (Wildman–Crippen MR) is 129 cm³/mol. The Bertz CT molecular complexity index is 1200. The molecule has 8 heteroatoms. The standard InChI is InChI=1S/C25H30N6O2/c1-4-22-25(29(2)16-19-6-9-21(33-3)10-7-19)31-17-20(8-11-23(31)28-22)24(32)27-12-5-14-30-15-13-26-18-30/h6-11,13,15,17-18H,4-5,12,14,16H2,1-3H3,(H,27,32). The Kier molecular flexibility index (Phi) is 6.92. The molecular formula is C25H30N6O2. The molecule has 0 fully saturated rings. The first-order chi connectivity index (χ1) is 16.1. The van der Waals surface area contributed by atoms with Crippen molar-refractivity contribution in [3.8, 4) is 5.75 Å². The Morgan fingerprint density at radius 3 is 2.70 bits per heavy atom. The van der Waals surface area contributed by atoms with E-state index in [9.17, 15) is 4.79 Å². The van der Waals surface area contributed by atoms with E-state index in [2.05, 4.69) is 41.3 Å². The number of carbonyl (C=O) groups excluding carboxylic acids is 1. The third kappa shape index (κ3) is 5.16. The van der Waals surface area contributed by atoms with Gasteiger partial charge in [-0.15, -0.1) is 0 Å². The predicted octanol–water partition coefficient (Wildman–Crippen LogP) is 3.56. The van der Waals surface area contributed by atoms with E-state index in [0.717, 1.165) is 48.8 Å². The van der Waals surface area contributed by atoms with Crippen LogP contribution in [0.3, 0.4) is 0 Å². The summed E-state index contributed by atoms with van der Waals surface area (Å²) in [6, 6.07) is 11.8. The minimum atomic E-state index is -0.0852. The minimum Gasteiger partial charge on any atom is -0.497 e. The van der Waals surface area contributed by atoms with Crippen molar-refractivity contribution < 1.29 is 9.53 Å². The lowest BCUT2D eigenvalue weighted by atomic mass is 10.2. The Morgan fingerprint density at radius 1 is 1.18 bits per heavy atom. The second-order valence-corrected chi connectivity index (χ2v) is 8.00. The number of pyridine rings is 1. The average molecular weight is 447 g/mol. The Hall–Kier alpha value is -3.81. The fourth-order valence-electron chi connectivity index (χ4n) is 3.92. The number of benzene rings is 1. The van der Waals surface area contributed by atoms with Crippen molar-refractivity contribution in [2.24, 2.45) is 0 Å². The highest BCUT2D eigenvalue weighted by Gasteiger charge is 2.17. The molecule has 1 amide bonds. The van der Waals surface area contributed by atoms with Crippen molar-refractivity contribution >= 4 is 17.4 Å². The molecule has 172 valence electrons. The van der Waals surface area contributed by atoms with Gasteiger partial charge in [0.15, 0.2) is 0 Å². The monoisotopic (exact) mass is 446 g/mol. The maximum Gasteiger partial charge on any atom is 0.252 e. The zero-order chi connectivity index (χ0) is 23.2. The summed E-state index contributed by atoms with van der Waals surface area (Å²) < 4.78 is 9.28. The van der Waals surface area contributed by atoms with Gasteiger partial charge in [0.05, 0.1) is 24.7 Å². The molecule has 3 aromatic heterocycles. The van der Waals surface area contributed by atoms with Crippen LogP contribution in [0.25, 0.3) is 5.65 Å².